The van der Waals surface area contributed by atoms with Crippen LogP contribution in [0.5, 0.6) is 5.75 Å². The number of aliphatic hydroxyl groups excluding tert-OH is 1. The van der Waals surface area contributed by atoms with Crippen molar-refractivity contribution in [1.29, 1.82) is 0 Å². The molecular weight excluding hydrogens is 269 g/mol. The summed E-state index contributed by atoms with van der Waals surface area (Å²) in [6.45, 7) is 2.44. The van der Waals surface area contributed by atoms with E-state index in [0.717, 1.165) is 6.42 Å². The van der Waals surface area contributed by atoms with Gasteiger partial charge in [0.05, 0.1) is 6.61 Å². The number of hydrogen-bond acceptors (Lipinski definition) is 2. The van der Waals surface area contributed by atoms with E-state index in [9.17, 15) is 18.3 Å². The van der Waals surface area contributed by atoms with Crippen molar-refractivity contribution >= 4 is 10.8 Å². The lowest BCUT2D eigenvalue weighted by atomic mass is 10.00. The number of fused-ring (bicyclic) bond motifs is 1. The smallest absolute Gasteiger partial charge is 0.418 e. The predicted molar refractivity (Wildman–Crippen MR) is 70.7 cm³/mol. The highest BCUT2D eigenvalue weighted by Crippen LogP contribution is 2.36. The van der Waals surface area contributed by atoms with Gasteiger partial charge in [-0.2, -0.15) is 13.2 Å². The first-order valence-corrected chi connectivity index (χ1v) is 6.33. The molecule has 20 heavy (non-hydrogen) atoms. The minimum atomic E-state index is -4.69. The van der Waals surface area contributed by atoms with Crippen LogP contribution in [-0.2, 0) is 0 Å². The Morgan fingerprint density at radius 2 is 1.95 bits per heavy atom. The molecule has 0 fully saturated rings. The summed E-state index contributed by atoms with van der Waals surface area (Å²) in [6, 6.07) is 9.42. The van der Waals surface area contributed by atoms with Crippen LogP contribution in [0.25, 0.3) is 10.8 Å². The highest BCUT2D eigenvalue weighted by atomic mass is 19.4. The van der Waals surface area contributed by atoms with Crippen LogP contribution < -0.4 is 4.74 Å². The lowest BCUT2D eigenvalue weighted by molar-refractivity contribution is -0.206. The summed E-state index contributed by atoms with van der Waals surface area (Å²) in [5, 5.41) is 10.4. The van der Waals surface area contributed by atoms with Gasteiger partial charge in [0.1, 0.15) is 5.75 Å². The zero-order valence-corrected chi connectivity index (χ0v) is 10.9. The maximum Gasteiger partial charge on any atom is 0.418 e. The summed E-state index contributed by atoms with van der Waals surface area (Å²) in [4.78, 5) is 0. The molecule has 0 radical (unpaired) electrons. The molecule has 0 saturated carbocycles. The summed E-state index contributed by atoms with van der Waals surface area (Å²) < 4.78 is 43.5. The van der Waals surface area contributed by atoms with Gasteiger partial charge in [0.2, 0.25) is 0 Å². The molecule has 1 unspecified atom stereocenters. The van der Waals surface area contributed by atoms with Crippen LogP contribution in [0.3, 0.4) is 0 Å². The van der Waals surface area contributed by atoms with Crippen molar-refractivity contribution in [3.8, 4) is 5.75 Å². The Hall–Kier alpha value is -1.75. The molecular formula is C15H15F3O2. The van der Waals surface area contributed by atoms with E-state index in [1.165, 1.54) is 18.2 Å². The Kier molecular flexibility index (Phi) is 4.18. The SMILES string of the molecule is CCCOc1ccc2cccc(C(O)C(F)(F)F)c2c1. The van der Waals surface area contributed by atoms with Crippen LogP contribution >= 0.6 is 0 Å². The number of halogens is 3. The van der Waals surface area contributed by atoms with E-state index in [1.54, 1.807) is 18.2 Å². The molecule has 0 aromatic heterocycles. The summed E-state index contributed by atoms with van der Waals surface area (Å²) in [6.07, 6.45) is -6.37. The fourth-order valence-electron chi connectivity index (χ4n) is 2.00. The van der Waals surface area contributed by atoms with Crippen LogP contribution in [0.15, 0.2) is 36.4 Å². The Morgan fingerprint density at radius 1 is 1.20 bits per heavy atom. The summed E-state index contributed by atoms with van der Waals surface area (Å²) >= 11 is 0. The normalized spacial score (nSPS) is 13.4. The Labute approximate surface area is 114 Å². The number of rotatable bonds is 4. The van der Waals surface area contributed by atoms with Gasteiger partial charge >= 0.3 is 6.18 Å². The average Bonchev–Trinajstić information content (AvgIpc) is 2.42. The van der Waals surface area contributed by atoms with E-state index >= 15 is 0 Å². The minimum Gasteiger partial charge on any atom is -0.494 e. The van der Waals surface area contributed by atoms with E-state index in [2.05, 4.69) is 0 Å². The highest BCUT2D eigenvalue weighted by molar-refractivity contribution is 5.87. The Bertz CT molecular complexity index is 593. The molecule has 1 atom stereocenters. The molecule has 0 aliphatic heterocycles. The van der Waals surface area contributed by atoms with Gasteiger partial charge in [0.25, 0.3) is 0 Å². The maximum absolute atomic E-state index is 12.7. The fraction of sp³-hybridized carbons (Fsp3) is 0.333. The van der Waals surface area contributed by atoms with E-state index in [0.29, 0.717) is 23.1 Å². The Balaban J connectivity index is 2.48. The lowest BCUT2D eigenvalue weighted by Gasteiger charge is -2.17. The number of ether oxygens (including phenoxy) is 1. The highest BCUT2D eigenvalue weighted by Gasteiger charge is 2.40. The standard InChI is InChI=1S/C15H15F3O2/c1-2-8-20-11-7-6-10-4-3-5-12(13(10)9-11)14(19)15(16,17)18/h3-7,9,14,19H,2,8H2,1H3. The fourth-order valence-corrected chi connectivity index (χ4v) is 2.00. The monoisotopic (exact) mass is 284 g/mol. The zero-order valence-electron chi connectivity index (χ0n) is 10.9. The van der Waals surface area contributed by atoms with Gasteiger partial charge in [-0.1, -0.05) is 31.2 Å². The molecule has 5 heteroatoms. The van der Waals surface area contributed by atoms with Crippen LogP contribution in [0.4, 0.5) is 13.2 Å². The van der Waals surface area contributed by atoms with Gasteiger partial charge in [-0.25, -0.2) is 0 Å². The topological polar surface area (TPSA) is 29.5 Å². The molecule has 0 aliphatic carbocycles. The summed E-state index contributed by atoms with van der Waals surface area (Å²) in [7, 11) is 0. The average molecular weight is 284 g/mol. The lowest BCUT2D eigenvalue weighted by Crippen LogP contribution is -2.20. The van der Waals surface area contributed by atoms with Gasteiger partial charge in [0.15, 0.2) is 6.10 Å². The maximum atomic E-state index is 12.7. The quantitative estimate of drug-likeness (QED) is 0.910. The predicted octanol–water partition coefficient (Wildman–Crippen LogP) is 4.22. The third kappa shape index (κ3) is 3.04. The zero-order chi connectivity index (χ0) is 14.8. The van der Waals surface area contributed by atoms with E-state index in [4.69, 9.17) is 4.74 Å². The van der Waals surface area contributed by atoms with Crippen molar-refractivity contribution in [2.45, 2.75) is 25.6 Å². The van der Waals surface area contributed by atoms with Crippen LogP contribution in [0, 0.1) is 0 Å². The van der Waals surface area contributed by atoms with Crippen molar-refractivity contribution in [3.05, 3.63) is 42.0 Å². The van der Waals surface area contributed by atoms with Crippen molar-refractivity contribution in [2.24, 2.45) is 0 Å². The third-order valence-corrected chi connectivity index (χ3v) is 2.96. The first-order valence-electron chi connectivity index (χ1n) is 6.33. The summed E-state index contributed by atoms with van der Waals surface area (Å²) in [5.74, 6) is 0.501. The molecule has 0 saturated heterocycles. The third-order valence-electron chi connectivity index (χ3n) is 2.96. The number of benzene rings is 2. The van der Waals surface area contributed by atoms with Crippen LogP contribution in [0.1, 0.15) is 25.0 Å². The molecule has 0 aliphatic rings. The molecule has 108 valence electrons. The second-order valence-corrected chi connectivity index (χ2v) is 4.52. The molecule has 2 aromatic rings. The number of alkyl halides is 3. The first-order chi connectivity index (χ1) is 9.43. The van der Waals surface area contributed by atoms with Crippen molar-refractivity contribution < 1.29 is 23.0 Å². The van der Waals surface area contributed by atoms with Crippen molar-refractivity contribution in [3.63, 3.8) is 0 Å². The second kappa shape index (κ2) is 5.71. The molecule has 2 nitrogen and oxygen atoms in total. The van der Waals surface area contributed by atoms with Crippen LogP contribution in [0.2, 0.25) is 0 Å². The molecule has 0 spiro atoms. The van der Waals surface area contributed by atoms with E-state index in [1.807, 2.05) is 6.92 Å². The molecule has 0 amide bonds. The number of hydrogen-bond donors (Lipinski definition) is 1. The number of aliphatic hydroxyl groups is 1. The largest absolute Gasteiger partial charge is 0.494 e. The molecule has 0 heterocycles. The summed E-state index contributed by atoms with van der Waals surface area (Å²) in [5.41, 5.74) is -0.156. The van der Waals surface area contributed by atoms with Gasteiger partial charge < -0.3 is 9.84 Å². The van der Waals surface area contributed by atoms with Crippen LogP contribution in [-0.4, -0.2) is 17.9 Å². The minimum absolute atomic E-state index is 0.156. The molecule has 2 rings (SSSR count). The van der Waals surface area contributed by atoms with E-state index in [-0.39, 0.29) is 5.56 Å². The second-order valence-electron chi connectivity index (χ2n) is 4.52. The first kappa shape index (κ1) is 14.7. The van der Waals surface area contributed by atoms with E-state index < -0.39 is 12.3 Å². The van der Waals surface area contributed by atoms with Gasteiger partial charge in [-0.05, 0) is 34.9 Å². The van der Waals surface area contributed by atoms with Gasteiger partial charge in [0, 0.05) is 0 Å². The molecule has 2 aromatic carbocycles. The van der Waals surface area contributed by atoms with Gasteiger partial charge in [-0.15, -0.1) is 0 Å². The van der Waals surface area contributed by atoms with Crippen molar-refractivity contribution in [2.75, 3.05) is 6.61 Å². The molecule has 0 bridgehead atoms. The van der Waals surface area contributed by atoms with Gasteiger partial charge in [-0.3, -0.25) is 0 Å². The Morgan fingerprint density at radius 3 is 2.60 bits per heavy atom. The molecule has 1 N–H and O–H groups in total. The van der Waals surface area contributed by atoms with Crippen molar-refractivity contribution in [1.82, 2.24) is 0 Å².